The van der Waals surface area contributed by atoms with Crippen LogP contribution in [-0.2, 0) is 0 Å². The third-order valence-corrected chi connectivity index (χ3v) is 4.10. The van der Waals surface area contributed by atoms with Crippen LogP contribution >= 0.6 is 11.3 Å². The van der Waals surface area contributed by atoms with E-state index < -0.39 is 0 Å². The van der Waals surface area contributed by atoms with Gasteiger partial charge in [-0.3, -0.25) is 4.79 Å². The smallest absolute Gasteiger partial charge is 0.282 e. The Bertz CT molecular complexity index is 392. The molecule has 0 saturated carbocycles. The van der Waals surface area contributed by atoms with Gasteiger partial charge < -0.3 is 15.5 Å². The lowest BCUT2D eigenvalue weighted by molar-refractivity contribution is 0.0788. The molecule has 3 heterocycles. The number of thiazole rings is 1. The van der Waals surface area contributed by atoms with Gasteiger partial charge in [-0.05, 0) is 6.42 Å². The number of nitrogens with one attached hydrogen (secondary N) is 2. The number of carbonyl (C=O) groups excluding carboxylic acids is 1. The highest BCUT2D eigenvalue weighted by atomic mass is 32.1. The third-order valence-electron chi connectivity index (χ3n) is 3.34. The normalized spacial score (nSPS) is 20.8. The highest BCUT2D eigenvalue weighted by Crippen LogP contribution is 2.15. The number of amides is 1. The molecule has 2 aliphatic rings. The topological polar surface area (TPSA) is 57.3 Å². The van der Waals surface area contributed by atoms with Crippen LogP contribution < -0.4 is 10.6 Å². The molecule has 0 aliphatic carbocycles. The third kappa shape index (κ3) is 5.05. The van der Waals surface area contributed by atoms with E-state index in [2.05, 4.69) is 15.6 Å². The summed E-state index contributed by atoms with van der Waals surface area (Å²) in [5.74, 6) is 0.0797. The summed E-state index contributed by atoms with van der Waals surface area (Å²) in [4.78, 5) is 18.0. The van der Waals surface area contributed by atoms with Crippen molar-refractivity contribution in [2.75, 3.05) is 26.2 Å². The fourth-order valence-corrected chi connectivity index (χ4v) is 2.89. The molecule has 0 bridgehead atoms. The first kappa shape index (κ1) is 18.1. The Kier molecular flexibility index (Phi) is 8.49. The molecular formula is C15H28N4OS. The molecule has 5 nitrogen and oxygen atoms in total. The quantitative estimate of drug-likeness (QED) is 0.896. The van der Waals surface area contributed by atoms with E-state index in [9.17, 15) is 4.79 Å². The summed E-state index contributed by atoms with van der Waals surface area (Å²) in [6, 6.07) is 1.04. The summed E-state index contributed by atoms with van der Waals surface area (Å²) < 4.78 is 0. The maximum atomic E-state index is 12.1. The van der Waals surface area contributed by atoms with Crippen LogP contribution in [0, 0.1) is 0 Å². The summed E-state index contributed by atoms with van der Waals surface area (Å²) in [6.07, 6.45) is 2.73. The van der Waals surface area contributed by atoms with Gasteiger partial charge in [0, 0.05) is 49.8 Å². The number of nitrogens with zero attached hydrogens (tertiary/aromatic N) is 2. The first-order valence-corrected chi connectivity index (χ1v) is 8.86. The summed E-state index contributed by atoms with van der Waals surface area (Å²) in [5.41, 5.74) is 0. The van der Waals surface area contributed by atoms with Crippen LogP contribution in [0.15, 0.2) is 11.6 Å². The fourth-order valence-electron chi connectivity index (χ4n) is 2.28. The Morgan fingerprint density at radius 2 is 2.05 bits per heavy atom. The molecule has 2 aliphatic heterocycles. The Morgan fingerprint density at radius 1 is 1.33 bits per heavy atom. The molecule has 6 heteroatoms. The molecule has 1 amide bonds. The highest BCUT2D eigenvalue weighted by molar-refractivity contribution is 7.11. The van der Waals surface area contributed by atoms with Crippen molar-refractivity contribution >= 4 is 17.2 Å². The van der Waals surface area contributed by atoms with E-state index in [1.54, 1.807) is 6.20 Å². The second-order valence-corrected chi connectivity index (χ2v) is 5.49. The van der Waals surface area contributed by atoms with Crippen molar-refractivity contribution in [2.45, 2.75) is 46.2 Å². The Morgan fingerprint density at radius 3 is 2.57 bits per heavy atom. The van der Waals surface area contributed by atoms with Gasteiger partial charge in [-0.2, -0.15) is 0 Å². The van der Waals surface area contributed by atoms with Crippen LogP contribution in [0.4, 0.5) is 0 Å². The van der Waals surface area contributed by atoms with Crippen LogP contribution in [-0.4, -0.2) is 54.1 Å². The molecule has 0 radical (unpaired) electrons. The fraction of sp³-hybridized carbons (Fsp3) is 0.733. The lowest BCUT2D eigenvalue weighted by Gasteiger charge is -2.31. The molecule has 0 aromatic carbocycles. The number of likely N-dealkylation sites (tertiary alicyclic amines) is 1. The number of hydrogen-bond acceptors (Lipinski definition) is 5. The predicted molar refractivity (Wildman–Crippen MR) is 88.9 cm³/mol. The molecule has 0 spiro atoms. The van der Waals surface area contributed by atoms with Crippen molar-refractivity contribution in [2.24, 2.45) is 0 Å². The molecular weight excluding hydrogens is 284 g/mol. The molecule has 1 unspecified atom stereocenters. The van der Waals surface area contributed by atoms with Gasteiger partial charge in [0.05, 0.1) is 0 Å². The van der Waals surface area contributed by atoms with Crippen molar-refractivity contribution in [3.05, 3.63) is 16.6 Å². The van der Waals surface area contributed by atoms with Crippen LogP contribution in [0.25, 0.3) is 0 Å². The molecule has 2 saturated heterocycles. The summed E-state index contributed by atoms with van der Waals surface area (Å²) in [6.45, 7) is 11.8. The van der Waals surface area contributed by atoms with Gasteiger partial charge in [-0.15, -0.1) is 11.3 Å². The number of hydrogen-bond donors (Lipinski definition) is 2. The molecule has 120 valence electrons. The summed E-state index contributed by atoms with van der Waals surface area (Å²) in [5, 5.41) is 9.27. The minimum Gasteiger partial charge on any atom is -0.335 e. The molecule has 1 aromatic rings. The second-order valence-electron chi connectivity index (χ2n) is 4.60. The van der Waals surface area contributed by atoms with E-state index in [4.69, 9.17) is 0 Å². The van der Waals surface area contributed by atoms with Gasteiger partial charge in [-0.25, -0.2) is 4.98 Å². The van der Waals surface area contributed by atoms with Crippen molar-refractivity contribution in [1.82, 2.24) is 20.5 Å². The van der Waals surface area contributed by atoms with E-state index in [0.717, 1.165) is 32.6 Å². The van der Waals surface area contributed by atoms with Gasteiger partial charge in [0.25, 0.3) is 5.91 Å². The van der Waals surface area contributed by atoms with E-state index in [1.165, 1.54) is 11.3 Å². The molecule has 2 fully saturated rings. The van der Waals surface area contributed by atoms with Gasteiger partial charge in [0.2, 0.25) is 0 Å². The first-order chi connectivity index (χ1) is 10.3. The van der Waals surface area contributed by atoms with Crippen LogP contribution in [0.1, 0.15) is 43.9 Å². The van der Waals surface area contributed by atoms with Crippen molar-refractivity contribution < 1.29 is 4.79 Å². The van der Waals surface area contributed by atoms with Crippen molar-refractivity contribution in [3.63, 3.8) is 0 Å². The number of rotatable bonds is 3. The van der Waals surface area contributed by atoms with Crippen molar-refractivity contribution in [1.29, 1.82) is 0 Å². The largest absolute Gasteiger partial charge is 0.335 e. The van der Waals surface area contributed by atoms with Gasteiger partial charge in [0.1, 0.15) is 0 Å². The second kappa shape index (κ2) is 9.87. The SMILES string of the molecule is CC.CC.O=C(c1nccs1)N1CCC(NC2CNC2)C1. The van der Waals surface area contributed by atoms with E-state index >= 15 is 0 Å². The average Bonchev–Trinajstić information content (AvgIpc) is 3.18. The van der Waals surface area contributed by atoms with E-state index in [1.807, 2.05) is 38.0 Å². The summed E-state index contributed by atoms with van der Waals surface area (Å²) >= 11 is 1.42. The van der Waals surface area contributed by atoms with Gasteiger partial charge in [-0.1, -0.05) is 27.7 Å². The van der Waals surface area contributed by atoms with Crippen LogP contribution in [0.3, 0.4) is 0 Å². The van der Waals surface area contributed by atoms with Crippen LogP contribution in [0.5, 0.6) is 0 Å². The zero-order valence-electron chi connectivity index (χ0n) is 13.6. The minimum absolute atomic E-state index is 0.0797. The first-order valence-electron chi connectivity index (χ1n) is 7.98. The highest BCUT2D eigenvalue weighted by Gasteiger charge is 2.30. The monoisotopic (exact) mass is 312 g/mol. The molecule has 1 atom stereocenters. The Balaban J connectivity index is 0.000000510. The lowest BCUT2D eigenvalue weighted by Crippen LogP contribution is -2.58. The Hall–Kier alpha value is -0.980. The average molecular weight is 312 g/mol. The zero-order chi connectivity index (χ0) is 15.7. The molecule has 1 aromatic heterocycles. The predicted octanol–water partition coefficient (Wildman–Crippen LogP) is 1.97. The maximum Gasteiger partial charge on any atom is 0.282 e. The standard InChI is InChI=1S/C11H16N4OS.2C2H6/c16-11(10-13-2-4-17-10)15-3-1-8(7-15)14-9-5-12-6-9;2*1-2/h2,4,8-9,12,14H,1,3,5-7H2;2*1-2H3. The lowest BCUT2D eigenvalue weighted by atomic mass is 10.1. The Labute approximate surface area is 132 Å². The summed E-state index contributed by atoms with van der Waals surface area (Å²) in [7, 11) is 0. The van der Waals surface area contributed by atoms with Gasteiger partial charge >= 0.3 is 0 Å². The minimum atomic E-state index is 0.0797. The number of carbonyl (C=O) groups is 1. The molecule has 2 N–H and O–H groups in total. The van der Waals surface area contributed by atoms with E-state index in [-0.39, 0.29) is 5.91 Å². The number of aromatic nitrogens is 1. The maximum absolute atomic E-state index is 12.1. The zero-order valence-corrected chi connectivity index (χ0v) is 14.4. The van der Waals surface area contributed by atoms with Crippen molar-refractivity contribution in [3.8, 4) is 0 Å². The van der Waals surface area contributed by atoms with E-state index in [0.29, 0.717) is 17.1 Å². The molecule has 3 rings (SSSR count). The molecule has 21 heavy (non-hydrogen) atoms. The van der Waals surface area contributed by atoms with Crippen LogP contribution in [0.2, 0.25) is 0 Å². The van der Waals surface area contributed by atoms with Gasteiger partial charge in [0.15, 0.2) is 5.01 Å².